The number of amides is 1. The molecule has 0 aromatic heterocycles. The molecular formula is C18H17F2NO3S. The van der Waals surface area contributed by atoms with Crippen LogP contribution in [0.15, 0.2) is 36.4 Å². The summed E-state index contributed by atoms with van der Waals surface area (Å²) in [5, 5.41) is -0.246. The van der Waals surface area contributed by atoms with Crippen LogP contribution in [0, 0.1) is 11.6 Å². The number of hydrogen-bond acceptors (Lipinski definition) is 4. The van der Waals surface area contributed by atoms with Crippen LogP contribution in [0.25, 0.3) is 0 Å². The fourth-order valence-electron chi connectivity index (χ4n) is 2.71. The SMILES string of the molecule is COc1cc(OC)cc(C2SCC(=O)N2Cc2ccc(F)c(F)c2)c1. The van der Waals surface area contributed by atoms with E-state index in [9.17, 15) is 13.6 Å². The number of carbonyl (C=O) groups is 1. The number of carbonyl (C=O) groups excluding carboxylic acids is 1. The van der Waals surface area contributed by atoms with Gasteiger partial charge in [-0.2, -0.15) is 0 Å². The van der Waals surface area contributed by atoms with Gasteiger partial charge in [-0.25, -0.2) is 8.78 Å². The molecule has 4 nitrogen and oxygen atoms in total. The van der Waals surface area contributed by atoms with Gasteiger partial charge in [0.25, 0.3) is 0 Å². The Hall–Kier alpha value is -2.28. The molecular weight excluding hydrogens is 348 g/mol. The Bertz CT molecular complexity index is 778. The molecule has 1 heterocycles. The van der Waals surface area contributed by atoms with E-state index in [0.29, 0.717) is 22.8 Å². The number of benzene rings is 2. The smallest absolute Gasteiger partial charge is 0.234 e. The molecule has 1 fully saturated rings. The summed E-state index contributed by atoms with van der Waals surface area (Å²) >= 11 is 1.47. The van der Waals surface area contributed by atoms with E-state index in [4.69, 9.17) is 9.47 Å². The lowest BCUT2D eigenvalue weighted by Crippen LogP contribution is -2.27. The lowest BCUT2D eigenvalue weighted by Gasteiger charge is -2.25. The van der Waals surface area contributed by atoms with Gasteiger partial charge in [0, 0.05) is 12.6 Å². The number of rotatable bonds is 5. The lowest BCUT2D eigenvalue weighted by molar-refractivity contribution is -0.128. The van der Waals surface area contributed by atoms with Gasteiger partial charge < -0.3 is 14.4 Å². The summed E-state index contributed by atoms with van der Waals surface area (Å²) in [5.74, 6) is -0.296. The Morgan fingerprint density at radius 1 is 1.08 bits per heavy atom. The maximum Gasteiger partial charge on any atom is 0.234 e. The van der Waals surface area contributed by atoms with Crippen molar-refractivity contribution >= 4 is 17.7 Å². The molecule has 1 amide bonds. The Morgan fingerprint density at radius 2 is 1.76 bits per heavy atom. The van der Waals surface area contributed by atoms with Crippen molar-refractivity contribution in [1.29, 1.82) is 0 Å². The van der Waals surface area contributed by atoms with Gasteiger partial charge in [-0.15, -0.1) is 11.8 Å². The summed E-state index contributed by atoms with van der Waals surface area (Å²) in [6, 6.07) is 9.12. The molecule has 1 aliphatic rings. The van der Waals surface area contributed by atoms with Crippen molar-refractivity contribution < 1.29 is 23.0 Å². The van der Waals surface area contributed by atoms with Crippen molar-refractivity contribution in [3.05, 3.63) is 59.2 Å². The first kappa shape index (κ1) is 17.5. The third-order valence-electron chi connectivity index (χ3n) is 3.96. The number of nitrogens with zero attached hydrogens (tertiary/aromatic N) is 1. The summed E-state index contributed by atoms with van der Waals surface area (Å²) in [4.78, 5) is 13.9. The predicted molar refractivity (Wildman–Crippen MR) is 91.7 cm³/mol. The van der Waals surface area contributed by atoms with E-state index < -0.39 is 11.6 Å². The second-order valence-corrected chi connectivity index (χ2v) is 6.65. The zero-order chi connectivity index (χ0) is 18.0. The highest BCUT2D eigenvalue weighted by molar-refractivity contribution is 8.00. The van der Waals surface area contributed by atoms with Crippen LogP contribution in [0.3, 0.4) is 0 Å². The number of methoxy groups -OCH3 is 2. The number of thioether (sulfide) groups is 1. The Labute approximate surface area is 148 Å². The first-order chi connectivity index (χ1) is 12.0. The molecule has 1 saturated heterocycles. The molecule has 1 aliphatic heterocycles. The zero-order valence-corrected chi connectivity index (χ0v) is 14.6. The molecule has 3 rings (SSSR count). The van der Waals surface area contributed by atoms with Crippen LogP contribution in [0.2, 0.25) is 0 Å². The van der Waals surface area contributed by atoms with Crippen LogP contribution in [-0.4, -0.2) is 30.8 Å². The first-order valence-electron chi connectivity index (χ1n) is 7.60. The lowest BCUT2D eigenvalue weighted by atomic mass is 10.1. The third-order valence-corrected chi connectivity index (χ3v) is 5.22. The Balaban J connectivity index is 1.90. The molecule has 1 atom stereocenters. The van der Waals surface area contributed by atoms with Gasteiger partial charge in [-0.05, 0) is 35.4 Å². The summed E-state index contributed by atoms with van der Waals surface area (Å²) in [5.41, 5.74) is 1.39. The molecule has 25 heavy (non-hydrogen) atoms. The van der Waals surface area contributed by atoms with E-state index in [2.05, 4.69) is 0 Å². The minimum atomic E-state index is -0.920. The fourth-order valence-corrected chi connectivity index (χ4v) is 3.87. The summed E-state index contributed by atoms with van der Waals surface area (Å²) in [6.07, 6.45) is 0. The van der Waals surface area contributed by atoms with E-state index in [1.165, 1.54) is 17.8 Å². The second-order valence-electron chi connectivity index (χ2n) is 5.58. The molecule has 2 aromatic carbocycles. The zero-order valence-electron chi connectivity index (χ0n) is 13.8. The third kappa shape index (κ3) is 3.71. The molecule has 0 saturated carbocycles. The molecule has 0 spiro atoms. The fraction of sp³-hybridized carbons (Fsp3) is 0.278. The molecule has 0 radical (unpaired) electrons. The average molecular weight is 365 g/mol. The van der Waals surface area contributed by atoms with Crippen LogP contribution in [0.1, 0.15) is 16.5 Å². The van der Waals surface area contributed by atoms with Crippen molar-refractivity contribution in [2.45, 2.75) is 11.9 Å². The highest BCUT2D eigenvalue weighted by Gasteiger charge is 2.33. The van der Waals surface area contributed by atoms with Crippen LogP contribution in [0.4, 0.5) is 8.78 Å². The largest absolute Gasteiger partial charge is 0.497 e. The quantitative estimate of drug-likeness (QED) is 0.809. The van der Waals surface area contributed by atoms with Crippen molar-refractivity contribution in [2.75, 3.05) is 20.0 Å². The summed E-state index contributed by atoms with van der Waals surface area (Å²) < 4.78 is 37.1. The van der Waals surface area contributed by atoms with Crippen molar-refractivity contribution in [1.82, 2.24) is 4.90 Å². The van der Waals surface area contributed by atoms with Crippen molar-refractivity contribution in [2.24, 2.45) is 0 Å². The number of hydrogen-bond donors (Lipinski definition) is 0. The topological polar surface area (TPSA) is 38.8 Å². The predicted octanol–water partition coefficient (Wildman–Crippen LogP) is 3.76. The normalized spacial score (nSPS) is 17.0. The van der Waals surface area contributed by atoms with Gasteiger partial charge in [-0.3, -0.25) is 4.79 Å². The highest BCUT2D eigenvalue weighted by atomic mass is 32.2. The number of halogens is 2. The molecule has 7 heteroatoms. The van der Waals surface area contributed by atoms with Crippen LogP contribution < -0.4 is 9.47 Å². The van der Waals surface area contributed by atoms with Gasteiger partial charge in [0.15, 0.2) is 11.6 Å². The second kappa shape index (κ2) is 7.31. The standard InChI is InChI=1S/C18H17F2NO3S/c1-23-13-6-12(7-14(8-13)24-2)18-21(17(22)10-25-18)9-11-3-4-15(19)16(20)5-11/h3-8,18H,9-10H2,1-2H3. The molecule has 0 bridgehead atoms. The molecule has 1 unspecified atom stereocenters. The summed E-state index contributed by atoms with van der Waals surface area (Å²) in [6.45, 7) is 0.202. The van der Waals surface area contributed by atoms with E-state index >= 15 is 0 Å². The highest BCUT2D eigenvalue weighted by Crippen LogP contribution is 2.42. The van der Waals surface area contributed by atoms with Crippen LogP contribution in [0.5, 0.6) is 11.5 Å². The van der Waals surface area contributed by atoms with Gasteiger partial charge in [0.05, 0.1) is 20.0 Å². The Morgan fingerprint density at radius 3 is 2.36 bits per heavy atom. The maximum absolute atomic E-state index is 13.5. The monoisotopic (exact) mass is 365 g/mol. The minimum Gasteiger partial charge on any atom is -0.497 e. The van der Waals surface area contributed by atoms with Gasteiger partial charge in [0.1, 0.15) is 16.9 Å². The van der Waals surface area contributed by atoms with E-state index in [1.54, 1.807) is 25.2 Å². The van der Waals surface area contributed by atoms with Crippen molar-refractivity contribution in [3.63, 3.8) is 0 Å². The van der Waals surface area contributed by atoms with Crippen molar-refractivity contribution in [3.8, 4) is 11.5 Å². The average Bonchev–Trinajstić information content (AvgIpc) is 2.98. The van der Waals surface area contributed by atoms with Gasteiger partial charge >= 0.3 is 0 Å². The maximum atomic E-state index is 13.5. The first-order valence-corrected chi connectivity index (χ1v) is 8.64. The van der Waals surface area contributed by atoms with Gasteiger partial charge in [0.2, 0.25) is 5.91 Å². The minimum absolute atomic E-state index is 0.0541. The van der Waals surface area contributed by atoms with E-state index in [-0.39, 0.29) is 17.8 Å². The molecule has 0 aliphatic carbocycles. The molecule has 132 valence electrons. The molecule has 2 aromatic rings. The molecule has 0 N–H and O–H groups in total. The van der Waals surface area contributed by atoms with Crippen LogP contribution >= 0.6 is 11.8 Å². The Kier molecular flexibility index (Phi) is 5.13. The van der Waals surface area contributed by atoms with Gasteiger partial charge in [-0.1, -0.05) is 6.07 Å². The van der Waals surface area contributed by atoms with Crippen LogP contribution in [-0.2, 0) is 11.3 Å². The van der Waals surface area contributed by atoms with E-state index in [1.807, 2.05) is 12.1 Å². The van der Waals surface area contributed by atoms with E-state index in [0.717, 1.165) is 17.7 Å². The summed E-state index contributed by atoms with van der Waals surface area (Å²) in [7, 11) is 3.12. The number of ether oxygens (including phenoxy) is 2.